The normalized spacial score (nSPS) is 14.8. The first-order chi connectivity index (χ1) is 8.06. The molecule has 1 aliphatic rings. The van der Waals surface area contributed by atoms with Crippen molar-refractivity contribution in [2.75, 3.05) is 5.32 Å². The summed E-state index contributed by atoms with van der Waals surface area (Å²) in [6, 6.07) is 0. The zero-order chi connectivity index (χ0) is 12.4. The van der Waals surface area contributed by atoms with E-state index in [0.717, 1.165) is 5.69 Å². The molecule has 1 aromatic heterocycles. The van der Waals surface area contributed by atoms with Crippen molar-refractivity contribution in [2.45, 2.75) is 26.2 Å². The molecule has 1 aliphatic heterocycles. The third-order valence-corrected chi connectivity index (χ3v) is 3.02. The van der Waals surface area contributed by atoms with Crippen molar-refractivity contribution in [3.63, 3.8) is 0 Å². The Morgan fingerprint density at radius 2 is 2.35 bits per heavy atom. The van der Waals surface area contributed by atoms with Crippen molar-refractivity contribution in [3.05, 3.63) is 11.1 Å². The van der Waals surface area contributed by atoms with Crippen molar-refractivity contribution in [1.82, 2.24) is 10.4 Å². The number of hydrogen-bond acceptors (Lipinski definition) is 5. The molecule has 7 heteroatoms. The average Bonchev–Trinajstić information content (AvgIpc) is 2.86. The van der Waals surface area contributed by atoms with Gasteiger partial charge < -0.3 is 0 Å². The second-order valence-corrected chi connectivity index (χ2v) is 4.81. The van der Waals surface area contributed by atoms with E-state index in [1.54, 1.807) is 0 Å². The molecule has 6 nitrogen and oxygen atoms in total. The molecule has 0 bridgehead atoms. The Morgan fingerprint density at radius 1 is 1.59 bits per heavy atom. The molecule has 0 aliphatic carbocycles. The molecule has 0 spiro atoms. The van der Waals surface area contributed by atoms with Gasteiger partial charge in [0, 0.05) is 5.38 Å². The first-order valence-corrected chi connectivity index (χ1v) is 6.06. The van der Waals surface area contributed by atoms with E-state index >= 15 is 0 Å². The summed E-state index contributed by atoms with van der Waals surface area (Å²) in [5.41, 5.74) is 3.36. The second kappa shape index (κ2) is 4.62. The lowest BCUT2D eigenvalue weighted by Gasteiger charge is -1.99. The van der Waals surface area contributed by atoms with Crippen molar-refractivity contribution in [1.29, 1.82) is 0 Å². The van der Waals surface area contributed by atoms with E-state index in [-0.39, 0.29) is 23.9 Å². The van der Waals surface area contributed by atoms with Crippen molar-refractivity contribution < 1.29 is 9.59 Å². The molecule has 2 N–H and O–H groups in total. The van der Waals surface area contributed by atoms with Crippen molar-refractivity contribution in [3.8, 4) is 0 Å². The van der Waals surface area contributed by atoms with Gasteiger partial charge >= 0.3 is 0 Å². The van der Waals surface area contributed by atoms with E-state index in [9.17, 15) is 9.59 Å². The van der Waals surface area contributed by atoms with Gasteiger partial charge in [0.25, 0.3) is 5.91 Å². The van der Waals surface area contributed by atoms with Crippen LogP contribution < -0.4 is 10.7 Å². The highest BCUT2D eigenvalue weighted by Crippen LogP contribution is 2.21. The summed E-state index contributed by atoms with van der Waals surface area (Å²) < 4.78 is 0. The maximum atomic E-state index is 11.7. The second-order valence-electron chi connectivity index (χ2n) is 3.96. The zero-order valence-corrected chi connectivity index (χ0v) is 10.3. The monoisotopic (exact) mass is 252 g/mol. The van der Waals surface area contributed by atoms with Gasteiger partial charge in [-0.05, 0) is 5.92 Å². The van der Waals surface area contributed by atoms with Gasteiger partial charge in [-0.25, -0.2) is 10.4 Å². The molecule has 90 valence electrons. The van der Waals surface area contributed by atoms with E-state index in [2.05, 4.69) is 20.8 Å². The SMILES string of the molecule is CC(C)c1csc(NC(=O)C2=NNC(=O)C2)n1. The highest BCUT2D eigenvalue weighted by atomic mass is 32.1. The maximum Gasteiger partial charge on any atom is 0.274 e. The Hall–Kier alpha value is -1.76. The van der Waals surface area contributed by atoms with Gasteiger partial charge in [-0.15, -0.1) is 11.3 Å². The van der Waals surface area contributed by atoms with Crippen LogP contribution in [0.5, 0.6) is 0 Å². The number of nitrogens with one attached hydrogen (secondary N) is 2. The molecule has 0 radical (unpaired) electrons. The summed E-state index contributed by atoms with van der Waals surface area (Å²) >= 11 is 1.36. The quantitative estimate of drug-likeness (QED) is 0.844. The summed E-state index contributed by atoms with van der Waals surface area (Å²) in [6.45, 7) is 4.06. The Kier molecular flexibility index (Phi) is 3.19. The first kappa shape index (κ1) is 11.7. The Morgan fingerprint density at radius 3 is 2.88 bits per heavy atom. The molecule has 17 heavy (non-hydrogen) atoms. The zero-order valence-electron chi connectivity index (χ0n) is 9.48. The average molecular weight is 252 g/mol. The Bertz CT molecular complexity index is 492. The fourth-order valence-corrected chi connectivity index (χ4v) is 2.14. The summed E-state index contributed by atoms with van der Waals surface area (Å²) in [4.78, 5) is 26.8. The number of hydrazone groups is 1. The Balaban J connectivity index is 2.01. The van der Waals surface area contributed by atoms with Crippen LogP contribution in [-0.2, 0) is 9.59 Å². The first-order valence-electron chi connectivity index (χ1n) is 5.18. The van der Waals surface area contributed by atoms with Crippen LogP contribution in [0.15, 0.2) is 10.5 Å². The van der Waals surface area contributed by atoms with Crippen LogP contribution in [0.4, 0.5) is 5.13 Å². The van der Waals surface area contributed by atoms with Crippen LogP contribution in [0, 0.1) is 0 Å². The minimum absolute atomic E-state index is 0.0221. The Labute approximate surface area is 102 Å². The van der Waals surface area contributed by atoms with Crippen LogP contribution >= 0.6 is 11.3 Å². The lowest BCUT2D eigenvalue weighted by atomic mass is 10.2. The molecule has 0 fully saturated rings. The molecule has 0 aromatic carbocycles. The van der Waals surface area contributed by atoms with Gasteiger partial charge in [0.15, 0.2) is 5.13 Å². The summed E-state index contributed by atoms with van der Waals surface area (Å²) in [7, 11) is 0. The maximum absolute atomic E-state index is 11.7. The standard InChI is InChI=1S/C10H12N4O2S/c1-5(2)7-4-17-10(11-7)12-9(16)6-3-8(15)14-13-6/h4-5H,3H2,1-2H3,(H,14,15)(H,11,12,16). The molecular formula is C10H12N4O2S. The number of nitrogens with zero attached hydrogens (tertiary/aromatic N) is 2. The van der Waals surface area contributed by atoms with Gasteiger partial charge in [-0.2, -0.15) is 5.10 Å². The minimum atomic E-state index is -0.381. The minimum Gasteiger partial charge on any atom is -0.297 e. The number of amides is 2. The number of carbonyl (C=O) groups excluding carboxylic acids is 2. The molecule has 0 saturated carbocycles. The third kappa shape index (κ3) is 2.68. The van der Waals surface area contributed by atoms with E-state index in [0.29, 0.717) is 11.0 Å². The fraction of sp³-hybridized carbons (Fsp3) is 0.400. The predicted molar refractivity (Wildman–Crippen MR) is 65.0 cm³/mol. The summed E-state index contributed by atoms with van der Waals surface area (Å²) in [5, 5.41) is 8.69. The highest BCUT2D eigenvalue weighted by Gasteiger charge is 2.22. The fourth-order valence-electron chi connectivity index (χ4n) is 1.27. The van der Waals surface area contributed by atoms with Crippen LogP contribution in [0.2, 0.25) is 0 Å². The van der Waals surface area contributed by atoms with Gasteiger partial charge in [-0.1, -0.05) is 13.8 Å². The number of aromatic nitrogens is 1. The summed E-state index contributed by atoms with van der Waals surface area (Å²) in [6.07, 6.45) is 0.0221. The van der Waals surface area contributed by atoms with Gasteiger partial charge in [0.2, 0.25) is 5.91 Å². The molecule has 1 aromatic rings. The summed E-state index contributed by atoms with van der Waals surface area (Å²) in [5.74, 6) is -0.325. The predicted octanol–water partition coefficient (Wildman–Crippen LogP) is 1.08. The van der Waals surface area contributed by atoms with Crippen LogP contribution in [-0.4, -0.2) is 22.5 Å². The third-order valence-electron chi connectivity index (χ3n) is 2.24. The van der Waals surface area contributed by atoms with Crippen LogP contribution in [0.25, 0.3) is 0 Å². The molecule has 2 rings (SSSR count). The molecular weight excluding hydrogens is 240 g/mol. The van der Waals surface area contributed by atoms with Crippen molar-refractivity contribution in [2.24, 2.45) is 5.10 Å². The smallest absolute Gasteiger partial charge is 0.274 e. The van der Waals surface area contributed by atoms with E-state index < -0.39 is 0 Å². The van der Waals surface area contributed by atoms with Crippen LogP contribution in [0.3, 0.4) is 0 Å². The van der Waals surface area contributed by atoms with Gasteiger partial charge in [0.1, 0.15) is 5.71 Å². The molecule has 0 saturated heterocycles. The van der Waals surface area contributed by atoms with E-state index in [1.807, 2.05) is 19.2 Å². The number of thiazole rings is 1. The van der Waals surface area contributed by atoms with E-state index in [4.69, 9.17) is 0 Å². The lowest BCUT2D eigenvalue weighted by molar-refractivity contribution is -0.119. The number of carbonyl (C=O) groups is 2. The van der Waals surface area contributed by atoms with Gasteiger partial charge in [0.05, 0.1) is 12.1 Å². The number of rotatable bonds is 3. The molecule has 0 unspecified atom stereocenters. The topological polar surface area (TPSA) is 83.5 Å². The van der Waals surface area contributed by atoms with Crippen LogP contribution in [0.1, 0.15) is 31.9 Å². The molecule has 0 atom stereocenters. The van der Waals surface area contributed by atoms with E-state index in [1.165, 1.54) is 11.3 Å². The number of hydrogen-bond donors (Lipinski definition) is 2. The number of anilines is 1. The lowest BCUT2D eigenvalue weighted by Crippen LogP contribution is -2.22. The van der Waals surface area contributed by atoms with Gasteiger partial charge in [-0.3, -0.25) is 14.9 Å². The largest absolute Gasteiger partial charge is 0.297 e. The highest BCUT2D eigenvalue weighted by molar-refractivity contribution is 7.14. The molecule has 2 heterocycles. The van der Waals surface area contributed by atoms with Crippen molar-refractivity contribution >= 4 is 34.0 Å². The molecule has 2 amide bonds.